The van der Waals surface area contributed by atoms with Crippen LogP contribution in [0.1, 0.15) is 39.0 Å². The predicted molar refractivity (Wildman–Crippen MR) is 108 cm³/mol. The highest BCUT2D eigenvalue weighted by molar-refractivity contribution is 7.11. The third kappa shape index (κ3) is 3.89. The van der Waals surface area contributed by atoms with Gasteiger partial charge in [-0.2, -0.15) is 20.1 Å². The van der Waals surface area contributed by atoms with Crippen molar-refractivity contribution in [1.82, 2.24) is 15.2 Å². The number of thiophene rings is 1. The van der Waals surface area contributed by atoms with Gasteiger partial charge in [-0.15, -0.1) is 11.3 Å². The van der Waals surface area contributed by atoms with Crippen LogP contribution in [-0.2, 0) is 6.42 Å². The topological polar surface area (TPSA) is 100 Å². The van der Waals surface area contributed by atoms with E-state index in [2.05, 4.69) is 15.6 Å². The zero-order chi connectivity index (χ0) is 20.1. The summed E-state index contributed by atoms with van der Waals surface area (Å²) >= 11 is 1.48. The highest BCUT2D eigenvalue weighted by atomic mass is 32.1. The molecular weight excluding hydrogens is 374 g/mol. The van der Waals surface area contributed by atoms with Gasteiger partial charge < -0.3 is 0 Å². The molecule has 0 saturated heterocycles. The van der Waals surface area contributed by atoms with Crippen molar-refractivity contribution in [2.45, 2.75) is 20.3 Å². The summed E-state index contributed by atoms with van der Waals surface area (Å²) < 4.78 is 1.07. The number of nitriles is 1. The van der Waals surface area contributed by atoms with Crippen LogP contribution in [-0.4, -0.2) is 21.9 Å². The summed E-state index contributed by atoms with van der Waals surface area (Å²) in [5.41, 5.74) is 3.48. The number of rotatable bonds is 5. The molecular formula is C20H17N5O2S. The Morgan fingerprint density at radius 1 is 1.36 bits per heavy atom. The normalized spacial score (nSPS) is 10.8. The Kier molecular flexibility index (Phi) is 5.77. The molecule has 0 aliphatic carbocycles. The standard InChI is InChI=1S/C20H17N5O2S/c1-3-14-6-8-15(9-7-14)25-20(27)17(11-21)13(2)18(24-25)19(26)23-22-12-16-5-4-10-28-16/h4-10,12H,3H2,1-2H3,(H,23,26)/b22-12-. The second kappa shape index (κ2) is 8.41. The molecule has 0 spiro atoms. The number of nitrogens with one attached hydrogen (secondary N) is 1. The van der Waals surface area contributed by atoms with Gasteiger partial charge in [0.25, 0.3) is 11.5 Å². The van der Waals surface area contributed by atoms with Crippen molar-refractivity contribution in [2.75, 3.05) is 0 Å². The summed E-state index contributed by atoms with van der Waals surface area (Å²) in [5.74, 6) is -0.597. The molecule has 0 aliphatic heterocycles. The first kappa shape index (κ1) is 19.2. The first-order valence-electron chi connectivity index (χ1n) is 8.55. The maximum atomic E-state index is 12.6. The number of nitrogens with zero attached hydrogens (tertiary/aromatic N) is 4. The van der Waals surface area contributed by atoms with Gasteiger partial charge in [0.1, 0.15) is 11.6 Å². The Hall–Kier alpha value is -3.57. The number of benzene rings is 1. The van der Waals surface area contributed by atoms with Gasteiger partial charge in [0.05, 0.1) is 11.9 Å². The number of aryl methyl sites for hydroxylation is 1. The number of hydrazone groups is 1. The van der Waals surface area contributed by atoms with Crippen LogP contribution in [0, 0.1) is 18.3 Å². The van der Waals surface area contributed by atoms with Gasteiger partial charge in [-0.3, -0.25) is 9.59 Å². The number of hydrogen-bond donors (Lipinski definition) is 1. The fourth-order valence-corrected chi connectivity index (χ4v) is 3.16. The zero-order valence-corrected chi connectivity index (χ0v) is 16.2. The van der Waals surface area contributed by atoms with Crippen molar-refractivity contribution in [1.29, 1.82) is 5.26 Å². The quantitative estimate of drug-likeness (QED) is 0.534. The Morgan fingerprint density at radius 2 is 2.11 bits per heavy atom. The number of aromatic nitrogens is 2. The molecule has 0 fully saturated rings. The molecule has 0 radical (unpaired) electrons. The Bertz CT molecular complexity index is 1120. The average molecular weight is 391 g/mol. The molecule has 0 atom stereocenters. The summed E-state index contributed by atoms with van der Waals surface area (Å²) in [6.45, 7) is 3.55. The molecule has 28 heavy (non-hydrogen) atoms. The molecule has 1 aromatic carbocycles. The summed E-state index contributed by atoms with van der Waals surface area (Å²) in [6, 6.07) is 12.8. The van der Waals surface area contributed by atoms with Crippen molar-refractivity contribution >= 4 is 23.5 Å². The minimum Gasteiger partial charge on any atom is -0.266 e. The molecule has 0 bridgehead atoms. The second-order valence-electron chi connectivity index (χ2n) is 5.91. The maximum Gasteiger partial charge on any atom is 0.292 e. The van der Waals surface area contributed by atoms with E-state index in [1.807, 2.05) is 42.6 Å². The van der Waals surface area contributed by atoms with E-state index in [4.69, 9.17) is 0 Å². The van der Waals surface area contributed by atoms with Crippen LogP contribution in [0.5, 0.6) is 0 Å². The van der Waals surface area contributed by atoms with Crippen molar-refractivity contribution in [3.63, 3.8) is 0 Å². The van der Waals surface area contributed by atoms with E-state index in [0.29, 0.717) is 5.69 Å². The van der Waals surface area contributed by atoms with Gasteiger partial charge >= 0.3 is 0 Å². The van der Waals surface area contributed by atoms with Crippen molar-refractivity contribution in [2.24, 2.45) is 5.10 Å². The number of carbonyl (C=O) groups excluding carboxylic acids is 1. The molecule has 2 heterocycles. The second-order valence-corrected chi connectivity index (χ2v) is 6.89. The van der Waals surface area contributed by atoms with Crippen LogP contribution in [0.25, 0.3) is 5.69 Å². The fourth-order valence-electron chi connectivity index (χ4n) is 2.57. The Labute approximate surface area is 165 Å². The van der Waals surface area contributed by atoms with E-state index in [0.717, 1.165) is 21.5 Å². The van der Waals surface area contributed by atoms with Crippen LogP contribution in [0.15, 0.2) is 51.7 Å². The van der Waals surface area contributed by atoms with E-state index in [1.54, 1.807) is 12.1 Å². The van der Waals surface area contributed by atoms with Gasteiger partial charge in [-0.1, -0.05) is 25.1 Å². The summed E-state index contributed by atoms with van der Waals surface area (Å²) in [4.78, 5) is 26.1. The third-order valence-corrected chi connectivity index (χ3v) is 4.96. The minimum atomic E-state index is -0.597. The summed E-state index contributed by atoms with van der Waals surface area (Å²) in [5, 5.41) is 19.4. The SMILES string of the molecule is CCc1ccc(-n2nc(C(=O)N/N=C\c3cccs3)c(C)c(C#N)c2=O)cc1. The third-order valence-electron chi connectivity index (χ3n) is 4.15. The maximum absolute atomic E-state index is 12.6. The monoisotopic (exact) mass is 391 g/mol. The first-order chi connectivity index (χ1) is 13.5. The van der Waals surface area contributed by atoms with Gasteiger partial charge in [-0.25, -0.2) is 5.43 Å². The van der Waals surface area contributed by atoms with Crippen LogP contribution in [0.3, 0.4) is 0 Å². The van der Waals surface area contributed by atoms with E-state index >= 15 is 0 Å². The predicted octanol–water partition coefficient (Wildman–Crippen LogP) is 2.80. The summed E-state index contributed by atoms with van der Waals surface area (Å²) in [7, 11) is 0. The van der Waals surface area contributed by atoms with E-state index in [-0.39, 0.29) is 16.8 Å². The lowest BCUT2D eigenvalue weighted by molar-refractivity contribution is 0.0947. The zero-order valence-electron chi connectivity index (χ0n) is 15.3. The highest BCUT2D eigenvalue weighted by Gasteiger charge is 2.20. The van der Waals surface area contributed by atoms with Crippen LogP contribution in [0.2, 0.25) is 0 Å². The molecule has 0 unspecified atom stereocenters. The van der Waals surface area contributed by atoms with Gasteiger partial charge in [0.2, 0.25) is 0 Å². The minimum absolute atomic E-state index is 0.0287. The molecule has 8 heteroatoms. The van der Waals surface area contributed by atoms with Crippen molar-refractivity contribution < 1.29 is 4.79 Å². The molecule has 0 aliphatic rings. The lowest BCUT2D eigenvalue weighted by atomic mass is 10.1. The van der Waals surface area contributed by atoms with Crippen molar-refractivity contribution in [3.05, 3.63) is 79.4 Å². The molecule has 7 nitrogen and oxygen atoms in total. The largest absolute Gasteiger partial charge is 0.292 e. The summed E-state index contributed by atoms with van der Waals surface area (Å²) in [6.07, 6.45) is 2.37. The highest BCUT2D eigenvalue weighted by Crippen LogP contribution is 2.12. The fraction of sp³-hybridized carbons (Fsp3) is 0.150. The first-order valence-corrected chi connectivity index (χ1v) is 9.43. The van der Waals surface area contributed by atoms with E-state index < -0.39 is 11.5 Å². The average Bonchev–Trinajstić information content (AvgIpc) is 3.22. The van der Waals surface area contributed by atoms with Crippen LogP contribution < -0.4 is 11.0 Å². The Balaban J connectivity index is 1.99. The van der Waals surface area contributed by atoms with Gasteiger partial charge in [0.15, 0.2) is 5.69 Å². The molecule has 1 N–H and O–H groups in total. The van der Waals surface area contributed by atoms with Crippen molar-refractivity contribution in [3.8, 4) is 11.8 Å². The van der Waals surface area contributed by atoms with Crippen LogP contribution in [0.4, 0.5) is 0 Å². The Morgan fingerprint density at radius 3 is 2.71 bits per heavy atom. The van der Waals surface area contributed by atoms with E-state index in [1.165, 1.54) is 24.5 Å². The molecule has 2 aromatic heterocycles. The lowest BCUT2D eigenvalue weighted by Gasteiger charge is -2.11. The number of amides is 1. The molecule has 140 valence electrons. The molecule has 3 aromatic rings. The molecule has 3 rings (SSSR count). The molecule has 1 amide bonds. The van der Waals surface area contributed by atoms with Crippen LogP contribution >= 0.6 is 11.3 Å². The number of carbonyl (C=O) groups is 1. The van der Waals surface area contributed by atoms with Gasteiger partial charge in [-0.05, 0) is 42.5 Å². The smallest absolute Gasteiger partial charge is 0.266 e. The molecule has 0 saturated carbocycles. The number of hydrogen-bond acceptors (Lipinski definition) is 6. The lowest BCUT2D eigenvalue weighted by Crippen LogP contribution is -2.31. The van der Waals surface area contributed by atoms with E-state index in [9.17, 15) is 14.9 Å². The van der Waals surface area contributed by atoms with Gasteiger partial charge in [0, 0.05) is 10.4 Å².